The van der Waals surface area contributed by atoms with Crippen molar-refractivity contribution in [1.82, 2.24) is 0 Å². The van der Waals surface area contributed by atoms with Crippen molar-refractivity contribution in [3.05, 3.63) is 16.0 Å². The fraction of sp³-hybridized carbons (Fsp3) is 0.769. The Morgan fingerprint density at radius 1 is 1.10 bits per heavy atom. The number of thiophene rings is 1. The molecule has 0 aliphatic heterocycles. The first-order valence-electron chi connectivity index (χ1n) is 12.3. The lowest BCUT2D eigenvalue weighted by Crippen LogP contribution is -2.51. The van der Waals surface area contributed by atoms with Crippen LogP contribution in [0.15, 0.2) is 0 Å². The molecule has 170 valence electrons. The lowest BCUT2D eigenvalue weighted by molar-refractivity contribution is -0.140. The molecule has 0 saturated heterocycles. The smallest absolute Gasteiger partial charge is 0.341 e. The molecule has 6 rings (SSSR count). The van der Waals surface area contributed by atoms with Crippen LogP contribution in [0.1, 0.15) is 93.4 Å². The first kappa shape index (κ1) is 21.5. The number of nitrogens with one attached hydrogen (secondary N) is 1. The van der Waals surface area contributed by atoms with Gasteiger partial charge in [-0.3, -0.25) is 4.79 Å². The van der Waals surface area contributed by atoms with Crippen LogP contribution in [0.5, 0.6) is 0 Å². The monoisotopic (exact) mass is 443 g/mol. The quantitative estimate of drug-likeness (QED) is 0.561. The van der Waals surface area contributed by atoms with Crippen molar-refractivity contribution in [1.29, 1.82) is 0 Å². The Morgan fingerprint density at radius 2 is 1.71 bits per heavy atom. The zero-order valence-electron chi connectivity index (χ0n) is 19.5. The number of esters is 1. The number of hydrogen-bond donors (Lipinski definition) is 1. The van der Waals surface area contributed by atoms with E-state index < -0.39 is 0 Å². The average molecular weight is 444 g/mol. The predicted octanol–water partition coefficient (Wildman–Crippen LogP) is 6.23. The van der Waals surface area contributed by atoms with E-state index in [9.17, 15) is 9.59 Å². The van der Waals surface area contributed by atoms with Crippen LogP contribution in [-0.2, 0) is 22.4 Å². The van der Waals surface area contributed by atoms with Gasteiger partial charge in [0.2, 0.25) is 5.91 Å². The summed E-state index contributed by atoms with van der Waals surface area (Å²) in [6, 6.07) is 0. The molecule has 4 saturated carbocycles. The van der Waals surface area contributed by atoms with Crippen LogP contribution in [-0.4, -0.2) is 18.5 Å². The van der Waals surface area contributed by atoms with E-state index >= 15 is 0 Å². The van der Waals surface area contributed by atoms with Crippen LogP contribution in [0.25, 0.3) is 0 Å². The van der Waals surface area contributed by atoms with Crippen molar-refractivity contribution < 1.29 is 14.3 Å². The van der Waals surface area contributed by atoms with E-state index in [1.807, 2.05) is 6.92 Å². The number of carbonyl (C=O) groups is 2. The molecular weight excluding hydrogens is 406 g/mol. The number of anilines is 1. The Bertz CT molecular complexity index is 858. The normalized spacial score (nSPS) is 33.8. The summed E-state index contributed by atoms with van der Waals surface area (Å²) in [7, 11) is 0. The zero-order valence-corrected chi connectivity index (χ0v) is 20.3. The third kappa shape index (κ3) is 3.75. The van der Waals surface area contributed by atoms with Gasteiger partial charge in [-0.25, -0.2) is 4.79 Å². The molecule has 5 aliphatic rings. The molecule has 1 heterocycles. The Labute approximate surface area is 190 Å². The second-order valence-electron chi connectivity index (χ2n) is 11.9. The van der Waals surface area contributed by atoms with Crippen molar-refractivity contribution in [3.63, 3.8) is 0 Å². The van der Waals surface area contributed by atoms with Crippen molar-refractivity contribution in [2.24, 2.45) is 34.5 Å². The Hall–Kier alpha value is -1.36. The van der Waals surface area contributed by atoms with E-state index in [0.717, 1.165) is 66.8 Å². The highest BCUT2D eigenvalue weighted by atomic mass is 32.1. The first-order chi connectivity index (χ1) is 14.7. The highest BCUT2D eigenvalue weighted by Gasteiger charge is 2.54. The van der Waals surface area contributed by atoms with E-state index in [1.54, 1.807) is 11.3 Å². The number of carbonyl (C=O) groups excluding carboxylic acids is 2. The molecule has 4 fully saturated rings. The number of hydrogen-bond acceptors (Lipinski definition) is 4. The number of fused-ring (bicyclic) bond motifs is 1. The van der Waals surface area contributed by atoms with E-state index in [2.05, 4.69) is 26.1 Å². The molecule has 0 aromatic carbocycles. The molecule has 4 nitrogen and oxygen atoms in total. The minimum Gasteiger partial charge on any atom is -0.462 e. The molecule has 1 N–H and O–H groups in total. The summed E-state index contributed by atoms with van der Waals surface area (Å²) in [6.07, 6.45) is 10.1. The van der Waals surface area contributed by atoms with Gasteiger partial charge in [0.15, 0.2) is 0 Å². The summed E-state index contributed by atoms with van der Waals surface area (Å²) in [4.78, 5) is 27.9. The van der Waals surface area contributed by atoms with E-state index in [1.165, 1.54) is 24.1 Å². The molecule has 5 heteroatoms. The van der Waals surface area contributed by atoms with Crippen LogP contribution >= 0.6 is 11.3 Å². The van der Waals surface area contributed by atoms with Crippen LogP contribution in [0, 0.1) is 34.5 Å². The summed E-state index contributed by atoms with van der Waals surface area (Å²) >= 11 is 1.64. The number of amides is 1. The van der Waals surface area contributed by atoms with Crippen molar-refractivity contribution >= 4 is 28.2 Å². The van der Waals surface area contributed by atoms with Gasteiger partial charge in [-0.1, -0.05) is 20.8 Å². The van der Waals surface area contributed by atoms with E-state index in [4.69, 9.17) is 4.74 Å². The Kier molecular flexibility index (Phi) is 5.27. The molecule has 1 atom stereocenters. The van der Waals surface area contributed by atoms with Gasteiger partial charge in [-0.15, -0.1) is 11.3 Å². The third-order valence-electron chi connectivity index (χ3n) is 8.72. The molecule has 0 radical (unpaired) electrons. The predicted molar refractivity (Wildman–Crippen MR) is 124 cm³/mol. The average Bonchev–Trinajstić information content (AvgIpc) is 3.03. The zero-order chi connectivity index (χ0) is 22.0. The molecule has 0 spiro atoms. The maximum atomic E-state index is 13.7. The number of rotatable bonds is 4. The maximum Gasteiger partial charge on any atom is 0.341 e. The van der Waals surface area contributed by atoms with Crippen molar-refractivity contribution in [2.75, 3.05) is 11.9 Å². The molecule has 4 bridgehead atoms. The second-order valence-corrected chi connectivity index (χ2v) is 13.0. The summed E-state index contributed by atoms with van der Waals surface area (Å²) in [6.45, 7) is 9.12. The van der Waals surface area contributed by atoms with Gasteiger partial charge in [0.25, 0.3) is 0 Å². The summed E-state index contributed by atoms with van der Waals surface area (Å²) in [5.41, 5.74) is 1.81. The minimum atomic E-state index is -0.268. The van der Waals surface area contributed by atoms with Gasteiger partial charge < -0.3 is 10.1 Å². The van der Waals surface area contributed by atoms with Gasteiger partial charge in [0.1, 0.15) is 5.00 Å². The highest BCUT2D eigenvalue weighted by molar-refractivity contribution is 7.17. The van der Waals surface area contributed by atoms with Gasteiger partial charge in [0.05, 0.1) is 17.6 Å². The molecule has 5 aliphatic carbocycles. The molecule has 1 amide bonds. The summed E-state index contributed by atoms with van der Waals surface area (Å²) in [5.74, 6) is 2.68. The standard InChI is InChI=1S/C26H37NO3S/c1-5-30-23(28)21-19-7-6-18(25(2,3)4)11-20(19)31-22(21)27-24(29)26-12-15-8-16(13-26)10-17(9-15)14-26/h15-18H,5-14H2,1-4H3,(H,27,29)/t15?,16?,17?,18-,26?/m1/s1. The summed E-state index contributed by atoms with van der Waals surface area (Å²) in [5, 5.41) is 4.05. The number of ether oxygens (including phenoxy) is 1. The Morgan fingerprint density at radius 3 is 2.26 bits per heavy atom. The lowest BCUT2D eigenvalue weighted by atomic mass is 9.49. The molecule has 1 aromatic heterocycles. The fourth-order valence-electron chi connectivity index (χ4n) is 7.46. The van der Waals surface area contributed by atoms with Crippen LogP contribution in [0.3, 0.4) is 0 Å². The highest BCUT2D eigenvalue weighted by Crippen LogP contribution is 2.60. The van der Waals surface area contributed by atoms with Crippen molar-refractivity contribution in [3.8, 4) is 0 Å². The first-order valence-corrected chi connectivity index (χ1v) is 13.1. The van der Waals surface area contributed by atoms with Crippen LogP contribution in [0.2, 0.25) is 0 Å². The lowest BCUT2D eigenvalue weighted by Gasteiger charge is -2.55. The topological polar surface area (TPSA) is 55.4 Å². The van der Waals surface area contributed by atoms with Gasteiger partial charge in [-0.05, 0) is 99.4 Å². The Balaban J connectivity index is 1.44. The van der Waals surface area contributed by atoms with E-state index in [-0.39, 0.29) is 22.7 Å². The van der Waals surface area contributed by atoms with Crippen molar-refractivity contribution in [2.45, 2.75) is 85.5 Å². The molecule has 0 unspecified atom stereocenters. The van der Waals surface area contributed by atoms with Gasteiger partial charge in [-0.2, -0.15) is 0 Å². The largest absolute Gasteiger partial charge is 0.462 e. The minimum absolute atomic E-state index is 0.170. The maximum absolute atomic E-state index is 13.7. The third-order valence-corrected chi connectivity index (χ3v) is 9.89. The SMILES string of the molecule is CCOC(=O)c1c(NC(=O)C23CC4CC(CC(C4)C2)C3)sc2c1CC[C@@H](C(C)(C)C)C2. The fourth-order valence-corrected chi connectivity index (χ4v) is 8.77. The molecular formula is C26H37NO3S. The van der Waals surface area contributed by atoms with E-state index in [0.29, 0.717) is 18.1 Å². The molecule has 1 aromatic rings. The summed E-state index contributed by atoms with van der Waals surface area (Å²) < 4.78 is 5.43. The second kappa shape index (κ2) is 7.60. The van der Waals surface area contributed by atoms with Gasteiger partial charge >= 0.3 is 5.97 Å². The van der Waals surface area contributed by atoms with Crippen LogP contribution in [0.4, 0.5) is 5.00 Å². The van der Waals surface area contributed by atoms with Gasteiger partial charge in [0, 0.05) is 4.88 Å². The van der Waals surface area contributed by atoms with Crippen LogP contribution < -0.4 is 5.32 Å². The molecule has 31 heavy (non-hydrogen) atoms.